The molecule has 1 aromatic carbocycles. The summed E-state index contributed by atoms with van der Waals surface area (Å²) in [6.45, 7) is -0.0350. The lowest BCUT2D eigenvalue weighted by Crippen LogP contribution is -2.23. The lowest BCUT2D eigenvalue weighted by Gasteiger charge is -2.07. The van der Waals surface area contributed by atoms with Crippen LogP contribution in [0.4, 0.5) is 10.3 Å². The van der Waals surface area contributed by atoms with E-state index in [4.69, 9.17) is 17.3 Å². The number of hydrogen-bond acceptors (Lipinski definition) is 5. The fraction of sp³-hybridized carbons (Fsp3) is 0.0909. The molecule has 0 aliphatic rings. The van der Waals surface area contributed by atoms with Gasteiger partial charge in [0.25, 0.3) is 0 Å². The molecule has 1 aromatic heterocycles. The summed E-state index contributed by atoms with van der Waals surface area (Å²) in [5, 5.41) is -0.0717. The molecule has 0 saturated carbocycles. The van der Waals surface area contributed by atoms with Gasteiger partial charge in [-0.2, -0.15) is 0 Å². The van der Waals surface area contributed by atoms with Crippen molar-refractivity contribution in [3.05, 3.63) is 47.0 Å². The summed E-state index contributed by atoms with van der Waals surface area (Å²) in [6, 6.07) is 3.94. The summed E-state index contributed by atoms with van der Waals surface area (Å²) in [4.78, 5) is 7.09. The number of halogens is 2. The zero-order valence-corrected chi connectivity index (χ0v) is 11.6. The Morgan fingerprint density at radius 1 is 1.30 bits per heavy atom. The maximum absolute atomic E-state index is 13.0. The molecule has 0 aliphatic carbocycles. The van der Waals surface area contributed by atoms with Crippen LogP contribution in [0.1, 0.15) is 5.56 Å². The molecule has 0 amide bonds. The molecule has 0 aliphatic heterocycles. The minimum Gasteiger partial charge on any atom is -0.368 e. The molecule has 0 atom stereocenters. The minimum atomic E-state index is -3.77. The van der Waals surface area contributed by atoms with Gasteiger partial charge < -0.3 is 5.73 Å². The van der Waals surface area contributed by atoms with E-state index in [9.17, 15) is 12.8 Å². The largest absolute Gasteiger partial charge is 0.368 e. The van der Waals surface area contributed by atoms with Crippen LogP contribution in [0.3, 0.4) is 0 Å². The lowest BCUT2D eigenvalue weighted by molar-refractivity contribution is 0.580. The van der Waals surface area contributed by atoms with Crippen molar-refractivity contribution in [1.82, 2.24) is 14.7 Å². The van der Waals surface area contributed by atoms with E-state index >= 15 is 0 Å². The fourth-order valence-corrected chi connectivity index (χ4v) is 2.49. The lowest BCUT2D eigenvalue weighted by atomic mass is 10.2. The Morgan fingerprint density at radius 3 is 2.55 bits per heavy atom. The minimum absolute atomic E-state index is 0.0192. The summed E-state index contributed by atoms with van der Waals surface area (Å²) in [6.07, 6.45) is 2.20. The molecule has 0 spiro atoms. The summed E-state index contributed by atoms with van der Waals surface area (Å²) in [7, 11) is -3.77. The highest BCUT2D eigenvalue weighted by atomic mass is 35.5. The zero-order valence-electron chi connectivity index (χ0n) is 10.0. The summed E-state index contributed by atoms with van der Waals surface area (Å²) < 4.78 is 39.2. The van der Waals surface area contributed by atoms with E-state index in [0.29, 0.717) is 5.56 Å². The number of hydrogen-bond donors (Lipinski definition) is 2. The van der Waals surface area contributed by atoms with Crippen LogP contribution in [-0.4, -0.2) is 18.4 Å². The predicted octanol–water partition coefficient (Wildman–Crippen LogP) is 1.33. The maximum atomic E-state index is 13.0. The van der Waals surface area contributed by atoms with Crippen molar-refractivity contribution >= 4 is 27.6 Å². The van der Waals surface area contributed by atoms with E-state index in [1.165, 1.54) is 12.1 Å². The topological polar surface area (TPSA) is 98.0 Å². The second-order valence-electron chi connectivity index (χ2n) is 3.85. The molecule has 0 fully saturated rings. The number of nitrogens with two attached hydrogens (primary N) is 1. The third-order valence-electron chi connectivity index (χ3n) is 2.41. The predicted molar refractivity (Wildman–Crippen MR) is 71.9 cm³/mol. The number of aromatic nitrogens is 2. The van der Waals surface area contributed by atoms with Gasteiger partial charge >= 0.3 is 0 Å². The van der Waals surface area contributed by atoms with Crippen molar-refractivity contribution < 1.29 is 12.8 Å². The Balaban J connectivity index is 2.13. The van der Waals surface area contributed by atoms with Crippen LogP contribution in [0.15, 0.2) is 35.5 Å². The molecule has 20 heavy (non-hydrogen) atoms. The normalized spacial score (nSPS) is 11.5. The van der Waals surface area contributed by atoms with E-state index in [0.717, 1.165) is 18.5 Å². The first-order chi connectivity index (χ1) is 9.38. The van der Waals surface area contributed by atoms with E-state index < -0.39 is 15.8 Å². The van der Waals surface area contributed by atoms with Gasteiger partial charge in [0.2, 0.25) is 16.0 Å². The van der Waals surface area contributed by atoms with Gasteiger partial charge in [-0.25, -0.2) is 27.5 Å². The standard InChI is InChI=1S/C11H10ClFN4O2S/c12-9-3-7(1-2-10(9)13)4-17-20(18,19)8-5-15-11(14)16-6-8/h1-3,5-6,17H,4H2,(H2,14,15,16). The van der Waals surface area contributed by atoms with Crippen molar-refractivity contribution in [3.63, 3.8) is 0 Å². The Labute approximate surface area is 119 Å². The van der Waals surface area contributed by atoms with Crippen LogP contribution in [0.25, 0.3) is 0 Å². The summed E-state index contributed by atoms with van der Waals surface area (Å²) in [5.41, 5.74) is 5.80. The quantitative estimate of drug-likeness (QED) is 0.886. The molecule has 2 rings (SSSR count). The van der Waals surface area contributed by atoms with E-state index in [2.05, 4.69) is 14.7 Å². The Hall–Kier alpha value is -1.77. The Morgan fingerprint density at radius 2 is 1.95 bits per heavy atom. The molecule has 0 bridgehead atoms. The number of nitrogens with zero attached hydrogens (tertiary/aromatic N) is 2. The highest BCUT2D eigenvalue weighted by molar-refractivity contribution is 7.89. The third kappa shape index (κ3) is 3.41. The average Bonchev–Trinajstić information content (AvgIpc) is 2.41. The Bertz CT molecular complexity index is 722. The first-order valence-corrected chi connectivity index (χ1v) is 7.26. The molecule has 6 nitrogen and oxygen atoms in total. The van der Waals surface area contributed by atoms with Crippen molar-refractivity contribution in [2.24, 2.45) is 0 Å². The van der Waals surface area contributed by atoms with Crippen molar-refractivity contribution in [2.45, 2.75) is 11.4 Å². The van der Waals surface area contributed by atoms with Gasteiger partial charge in [0, 0.05) is 6.54 Å². The van der Waals surface area contributed by atoms with Crippen LogP contribution in [0.2, 0.25) is 5.02 Å². The first kappa shape index (κ1) is 14.6. The number of sulfonamides is 1. The fourth-order valence-electron chi connectivity index (χ4n) is 1.38. The van der Waals surface area contributed by atoms with E-state index in [-0.39, 0.29) is 22.4 Å². The molecular weight excluding hydrogens is 307 g/mol. The SMILES string of the molecule is Nc1ncc(S(=O)(=O)NCc2ccc(F)c(Cl)c2)cn1. The molecule has 106 valence electrons. The second-order valence-corrected chi connectivity index (χ2v) is 6.02. The van der Waals surface area contributed by atoms with Gasteiger partial charge in [0.15, 0.2) is 0 Å². The number of anilines is 1. The number of nitrogen functional groups attached to an aromatic ring is 1. The van der Waals surface area contributed by atoms with Crippen LogP contribution < -0.4 is 10.5 Å². The zero-order chi connectivity index (χ0) is 14.8. The van der Waals surface area contributed by atoms with Gasteiger partial charge in [0.05, 0.1) is 17.4 Å². The number of nitrogens with one attached hydrogen (secondary N) is 1. The molecule has 0 saturated heterocycles. The third-order valence-corrected chi connectivity index (χ3v) is 4.05. The molecule has 3 N–H and O–H groups in total. The average molecular weight is 317 g/mol. The van der Waals surface area contributed by atoms with E-state index in [1.807, 2.05) is 0 Å². The second kappa shape index (κ2) is 5.70. The van der Waals surface area contributed by atoms with Gasteiger partial charge in [-0.05, 0) is 17.7 Å². The summed E-state index contributed by atoms with van der Waals surface area (Å²) in [5.74, 6) is -0.584. The van der Waals surface area contributed by atoms with Gasteiger partial charge in [-0.1, -0.05) is 17.7 Å². The summed E-state index contributed by atoms with van der Waals surface area (Å²) >= 11 is 5.61. The van der Waals surface area contributed by atoms with Gasteiger partial charge in [-0.3, -0.25) is 0 Å². The van der Waals surface area contributed by atoms with Crippen LogP contribution in [-0.2, 0) is 16.6 Å². The van der Waals surface area contributed by atoms with Crippen LogP contribution in [0, 0.1) is 5.82 Å². The van der Waals surface area contributed by atoms with Crippen molar-refractivity contribution in [1.29, 1.82) is 0 Å². The maximum Gasteiger partial charge on any atom is 0.243 e. The van der Waals surface area contributed by atoms with E-state index in [1.54, 1.807) is 0 Å². The highest BCUT2D eigenvalue weighted by Crippen LogP contribution is 2.16. The van der Waals surface area contributed by atoms with Crippen LogP contribution in [0.5, 0.6) is 0 Å². The molecule has 1 heterocycles. The van der Waals surface area contributed by atoms with Gasteiger partial charge in [-0.15, -0.1) is 0 Å². The number of benzene rings is 1. The Kier molecular flexibility index (Phi) is 4.17. The molecule has 9 heteroatoms. The molecule has 2 aromatic rings. The monoisotopic (exact) mass is 316 g/mol. The van der Waals surface area contributed by atoms with Crippen molar-refractivity contribution in [2.75, 3.05) is 5.73 Å². The highest BCUT2D eigenvalue weighted by Gasteiger charge is 2.15. The van der Waals surface area contributed by atoms with Crippen LogP contribution >= 0.6 is 11.6 Å². The van der Waals surface area contributed by atoms with Gasteiger partial charge in [0.1, 0.15) is 10.7 Å². The molecule has 0 unspecified atom stereocenters. The molecule has 0 radical (unpaired) electrons. The van der Waals surface area contributed by atoms with Crippen molar-refractivity contribution in [3.8, 4) is 0 Å². The molecular formula is C11H10ClFN4O2S. The number of rotatable bonds is 4. The smallest absolute Gasteiger partial charge is 0.243 e. The first-order valence-electron chi connectivity index (χ1n) is 5.39.